The summed E-state index contributed by atoms with van der Waals surface area (Å²) in [5.41, 5.74) is 1.27. The zero-order chi connectivity index (χ0) is 8.39. The zero-order valence-corrected chi connectivity index (χ0v) is 7.50. The van der Waals surface area contributed by atoms with E-state index in [1.165, 1.54) is 5.56 Å². The molecule has 0 radical (unpaired) electrons. The Morgan fingerprint density at radius 1 is 1.25 bits per heavy atom. The van der Waals surface area contributed by atoms with E-state index in [1.807, 2.05) is 18.2 Å². The van der Waals surface area contributed by atoms with E-state index >= 15 is 0 Å². The number of rotatable bonds is 3. The summed E-state index contributed by atoms with van der Waals surface area (Å²) >= 11 is 5.61. The molecule has 0 bridgehead atoms. The Hall–Kier alpha value is -0.530. The van der Waals surface area contributed by atoms with E-state index in [0.29, 0.717) is 18.1 Å². The predicted octanol–water partition coefficient (Wildman–Crippen LogP) is 2.76. The number of hydrogen-bond acceptors (Lipinski definition) is 1. The maximum absolute atomic E-state index is 5.61. The molecule has 1 fully saturated rings. The van der Waals surface area contributed by atoms with Crippen molar-refractivity contribution in [2.45, 2.75) is 18.6 Å². The third-order valence-electron chi connectivity index (χ3n) is 2.10. The number of epoxide rings is 1. The van der Waals surface area contributed by atoms with Crippen LogP contribution in [0.5, 0.6) is 0 Å². The highest BCUT2D eigenvalue weighted by atomic mass is 35.5. The third kappa shape index (κ3) is 1.62. The first-order valence-electron chi connectivity index (χ1n) is 4.18. The van der Waals surface area contributed by atoms with Crippen LogP contribution >= 0.6 is 11.6 Å². The van der Waals surface area contributed by atoms with Gasteiger partial charge < -0.3 is 4.74 Å². The summed E-state index contributed by atoms with van der Waals surface area (Å²) in [6.45, 7) is 0. The average molecular weight is 183 g/mol. The molecule has 2 atom stereocenters. The summed E-state index contributed by atoms with van der Waals surface area (Å²) in [7, 11) is 0. The maximum atomic E-state index is 5.61. The van der Waals surface area contributed by atoms with Crippen LogP contribution in [0.4, 0.5) is 0 Å². The summed E-state index contributed by atoms with van der Waals surface area (Å²) in [5.74, 6) is 0.688. The van der Waals surface area contributed by atoms with Crippen molar-refractivity contribution >= 4 is 11.6 Å². The van der Waals surface area contributed by atoms with Crippen LogP contribution in [0, 0.1) is 0 Å². The summed E-state index contributed by atoms with van der Waals surface area (Å²) < 4.78 is 5.46. The second-order valence-electron chi connectivity index (χ2n) is 2.98. The number of hydrogen-bond donors (Lipinski definition) is 0. The van der Waals surface area contributed by atoms with E-state index in [-0.39, 0.29) is 0 Å². The molecule has 1 heterocycles. The van der Waals surface area contributed by atoms with Gasteiger partial charge in [-0.3, -0.25) is 0 Å². The summed E-state index contributed by atoms with van der Waals surface area (Å²) in [6.07, 6.45) is 1.64. The minimum Gasteiger partial charge on any atom is -0.364 e. The molecule has 0 spiro atoms. The fourth-order valence-electron chi connectivity index (χ4n) is 1.41. The lowest BCUT2D eigenvalue weighted by molar-refractivity contribution is 0.371. The fraction of sp³-hybridized carbons (Fsp3) is 0.400. The van der Waals surface area contributed by atoms with Gasteiger partial charge in [-0.1, -0.05) is 30.3 Å². The van der Waals surface area contributed by atoms with E-state index in [9.17, 15) is 0 Å². The molecule has 1 aliphatic heterocycles. The quantitative estimate of drug-likeness (QED) is 0.517. The Labute approximate surface area is 77.3 Å². The first-order valence-corrected chi connectivity index (χ1v) is 4.71. The first-order chi connectivity index (χ1) is 5.92. The van der Waals surface area contributed by atoms with Gasteiger partial charge in [0.25, 0.3) is 0 Å². The topological polar surface area (TPSA) is 12.5 Å². The molecular formula is C10H11ClO. The van der Waals surface area contributed by atoms with Crippen molar-refractivity contribution in [2.24, 2.45) is 0 Å². The van der Waals surface area contributed by atoms with Crippen LogP contribution in [0.1, 0.15) is 18.1 Å². The number of benzene rings is 1. The van der Waals surface area contributed by atoms with Crippen LogP contribution in [-0.4, -0.2) is 12.0 Å². The molecule has 0 N–H and O–H groups in total. The second-order valence-corrected chi connectivity index (χ2v) is 3.36. The fourth-order valence-corrected chi connectivity index (χ4v) is 1.62. The Bertz CT molecular complexity index is 247. The summed E-state index contributed by atoms with van der Waals surface area (Å²) in [4.78, 5) is 0. The van der Waals surface area contributed by atoms with Crippen LogP contribution in [0.2, 0.25) is 0 Å². The van der Waals surface area contributed by atoms with Gasteiger partial charge in [-0.05, 0) is 12.0 Å². The van der Waals surface area contributed by atoms with Gasteiger partial charge in [0, 0.05) is 5.88 Å². The Balaban J connectivity index is 1.97. The van der Waals surface area contributed by atoms with E-state index in [1.54, 1.807) is 0 Å². The normalized spacial score (nSPS) is 27.1. The zero-order valence-electron chi connectivity index (χ0n) is 6.74. The van der Waals surface area contributed by atoms with Crippen molar-refractivity contribution in [3.05, 3.63) is 35.9 Å². The Morgan fingerprint density at radius 2 is 2.00 bits per heavy atom. The molecule has 64 valence electrons. The van der Waals surface area contributed by atoms with E-state index < -0.39 is 0 Å². The summed E-state index contributed by atoms with van der Waals surface area (Å²) in [6, 6.07) is 10.3. The van der Waals surface area contributed by atoms with E-state index in [2.05, 4.69) is 12.1 Å². The van der Waals surface area contributed by atoms with Gasteiger partial charge in [-0.2, -0.15) is 0 Å². The van der Waals surface area contributed by atoms with Gasteiger partial charge in [0.2, 0.25) is 0 Å². The lowest BCUT2D eigenvalue weighted by atomic mass is 10.1. The highest BCUT2D eigenvalue weighted by molar-refractivity contribution is 6.17. The SMILES string of the molecule is ClCC[C@@H]1O[C@@H]1c1ccccc1. The van der Waals surface area contributed by atoms with Crippen LogP contribution in [0.3, 0.4) is 0 Å². The van der Waals surface area contributed by atoms with Gasteiger partial charge in [0.1, 0.15) is 6.10 Å². The van der Waals surface area contributed by atoms with Gasteiger partial charge in [0.15, 0.2) is 0 Å². The molecule has 0 aromatic heterocycles. The van der Waals surface area contributed by atoms with Crippen LogP contribution in [-0.2, 0) is 4.74 Å². The van der Waals surface area contributed by atoms with E-state index in [4.69, 9.17) is 16.3 Å². The standard InChI is InChI=1S/C10H11ClO/c11-7-6-9-10(12-9)8-4-2-1-3-5-8/h1-5,9-10H,6-7H2/t9-,10+/m0/s1. The molecule has 0 aliphatic carbocycles. The van der Waals surface area contributed by atoms with Gasteiger partial charge in [0.05, 0.1) is 6.10 Å². The van der Waals surface area contributed by atoms with Crippen molar-refractivity contribution in [1.82, 2.24) is 0 Å². The third-order valence-corrected chi connectivity index (χ3v) is 2.32. The second kappa shape index (κ2) is 3.46. The van der Waals surface area contributed by atoms with E-state index in [0.717, 1.165) is 6.42 Å². The lowest BCUT2D eigenvalue weighted by Gasteiger charge is -1.92. The number of alkyl halides is 1. The maximum Gasteiger partial charge on any atom is 0.109 e. The molecule has 1 saturated heterocycles. The first kappa shape index (κ1) is 8.09. The highest BCUT2D eigenvalue weighted by Crippen LogP contribution is 2.40. The lowest BCUT2D eigenvalue weighted by Crippen LogP contribution is -1.89. The molecule has 12 heavy (non-hydrogen) atoms. The minimum absolute atomic E-state index is 0.310. The molecule has 1 aliphatic rings. The van der Waals surface area contributed by atoms with Crippen molar-refractivity contribution in [2.75, 3.05) is 5.88 Å². The average Bonchev–Trinajstić information content (AvgIpc) is 2.87. The molecule has 1 aromatic carbocycles. The Kier molecular flexibility index (Phi) is 2.33. The number of halogens is 1. The molecule has 0 saturated carbocycles. The molecular weight excluding hydrogens is 172 g/mol. The van der Waals surface area contributed by atoms with Crippen molar-refractivity contribution in [1.29, 1.82) is 0 Å². The van der Waals surface area contributed by atoms with Gasteiger partial charge in [-0.15, -0.1) is 11.6 Å². The molecule has 2 rings (SSSR count). The molecule has 1 nitrogen and oxygen atoms in total. The summed E-state index contributed by atoms with van der Waals surface area (Å²) in [5, 5.41) is 0. The van der Waals surface area contributed by atoms with Gasteiger partial charge >= 0.3 is 0 Å². The van der Waals surface area contributed by atoms with Crippen molar-refractivity contribution < 1.29 is 4.74 Å². The molecule has 0 unspecified atom stereocenters. The molecule has 0 amide bonds. The van der Waals surface area contributed by atoms with Gasteiger partial charge in [-0.25, -0.2) is 0 Å². The minimum atomic E-state index is 0.310. The number of ether oxygens (including phenoxy) is 1. The highest BCUT2D eigenvalue weighted by Gasteiger charge is 2.38. The predicted molar refractivity (Wildman–Crippen MR) is 49.4 cm³/mol. The van der Waals surface area contributed by atoms with Crippen LogP contribution in [0.25, 0.3) is 0 Å². The van der Waals surface area contributed by atoms with Crippen LogP contribution < -0.4 is 0 Å². The molecule has 1 aromatic rings. The Morgan fingerprint density at radius 3 is 2.67 bits per heavy atom. The van der Waals surface area contributed by atoms with Crippen molar-refractivity contribution in [3.8, 4) is 0 Å². The smallest absolute Gasteiger partial charge is 0.109 e. The monoisotopic (exact) mass is 182 g/mol. The van der Waals surface area contributed by atoms with Crippen LogP contribution in [0.15, 0.2) is 30.3 Å². The van der Waals surface area contributed by atoms with Crippen molar-refractivity contribution in [3.63, 3.8) is 0 Å². The largest absolute Gasteiger partial charge is 0.364 e. The molecule has 2 heteroatoms.